The molecule has 4 aromatic rings. The predicted octanol–water partition coefficient (Wildman–Crippen LogP) is 4.30. The minimum atomic E-state index is -0.688. The van der Waals surface area contributed by atoms with Crippen LogP contribution in [-0.2, 0) is 11.3 Å². The molecule has 11 heteroatoms. The molecule has 11 nitrogen and oxygen atoms in total. The number of rotatable bonds is 8. The van der Waals surface area contributed by atoms with Crippen LogP contribution in [0.5, 0.6) is 5.75 Å². The molecule has 204 valence electrons. The lowest BCUT2D eigenvalue weighted by atomic mass is 9.75. The Labute approximate surface area is 231 Å². The number of benzene rings is 1. The summed E-state index contributed by atoms with van der Waals surface area (Å²) in [5.41, 5.74) is 10.4. The van der Waals surface area contributed by atoms with Crippen LogP contribution in [0.25, 0.3) is 22.6 Å². The van der Waals surface area contributed by atoms with Crippen LogP contribution in [0.2, 0.25) is 0 Å². The van der Waals surface area contributed by atoms with E-state index in [9.17, 15) is 15.2 Å². The van der Waals surface area contributed by atoms with Crippen molar-refractivity contribution < 1.29 is 14.6 Å². The van der Waals surface area contributed by atoms with Gasteiger partial charge in [-0.1, -0.05) is 24.3 Å². The van der Waals surface area contributed by atoms with Crippen LogP contribution in [0, 0.1) is 23.2 Å². The number of aliphatic carboxylic acids is 1. The normalized spacial score (nSPS) is 17.6. The standard InChI is InChI=1S/C29H30N8O3/c1-17(18-9-11-19(12-10-18)28(38)39)23-8-4-6-21(32-23)15-37-16-26(35-36-37)25-13-24(33-29(31)34-25)22-7-3-5-20(14-30)27(22)40-2/h3-8,13,16-19H,9-12,15H2,1-2H3,(H,38,39)(H2,31,33,34)/t17-,18?,19?/m0/s1. The van der Waals surface area contributed by atoms with E-state index < -0.39 is 5.97 Å². The first kappa shape index (κ1) is 26.7. The molecule has 1 aromatic carbocycles. The Kier molecular flexibility index (Phi) is 7.68. The van der Waals surface area contributed by atoms with E-state index in [1.807, 2.05) is 18.2 Å². The van der Waals surface area contributed by atoms with Gasteiger partial charge < -0.3 is 15.6 Å². The zero-order chi connectivity index (χ0) is 28.2. The Bertz CT molecular complexity index is 1570. The van der Waals surface area contributed by atoms with Crippen molar-refractivity contribution in [3.05, 3.63) is 65.6 Å². The molecule has 3 aromatic heterocycles. The number of pyridine rings is 1. The minimum absolute atomic E-state index is 0.0622. The fourth-order valence-electron chi connectivity index (χ4n) is 5.39. The summed E-state index contributed by atoms with van der Waals surface area (Å²) in [6.45, 7) is 2.59. The van der Waals surface area contributed by atoms with Gasteiger partial charge >= 0.3 is 5.97 Å². The highest BCUT2D eigenvalue weighted by molar-refractivity contribution is 5.74. The van der Waals surface area contributed by atoms with E-state index in [1.54, 1.807) is 35.1 Å². The number of nitrogens with zero attached hydrogens (tertiary/aromatic N) is 7. The summed E-state index contributed by atoms with van der Waals surface area (Å²) >= 11 is 0. The average molecular weight is 539 g/mol. The number of carboxylic acid groups (broad SMARTS) is 1. The van der Waals surface area contributed by atoms with E-state index in [0.717, 1.165) is 37.1 Å². The van der Waals surface area contributed by atoms with Gasteiger partial charge in [0, 0.05) is 17.2 Å². The Morgan fingerprint density at radius 3 is 2.60 bits per heavy atom. The van der Waals surface area contributed by atoms with Gasteiger partial charge in [0.2, 0.25) is 5.95 Å². The van der Waals surface area contributed by atoms with Gasteiger partial charge in [-0.2, -0.15) is 5.26 Å². The molecule has 3 heterocycles. The lowest BCUT2D eigenvalue weighted by molar-refractivity contribution is -0.143. The smallest absolute Gasteiger partial charge is 0.306 e. The molecular weight excluding hydrogens is 508 g/mol. The van der Waals surface area contributed by atoms with Gasteiger partial charge in [0.1, 0.15) is 17.5 Å². The van der Waals surface area contributed by atoms with Crippen molar-refractivity contribution >= 4 is 11.9 Å². The molecule has 0 saturated heterocycles. The highest BCUT2D eigenvalue weighted by atomic mass is 16.5. The number of nitriles is 1. The number of carbonyl (C=O) groups is 1. The molecule has 1 atom stereocenters. The molecular formula is C29H30N8O3. The van der Waals surface area contributed by atoms with Crippen molar-refractivity contribution in [2.45, 2.75) is 45.1 Å². The van der Waals surface area contributed by atoms with Crippen molar-refractivity contribution in [2.24, 2.45) is 11.8 Å². The molecule has 0 unspecified atom stereocenters. The van der Waals surface area contributed by atoms with E-state index in [0.29, 0.717) is 46.4 Å². The van der Waals surface area contributed by atoms with E-state index in [4.69, 9.17) is 15.5 Å². The van der Waals surface area contributed by atoms with Gasteiger partial charge in [0.15, 0.2) is 0 Å². The second-order valence-electron chi connectivity index (χ2n) is 10.1. The van der Waals surface area contributed by atoms with Crippen molar-refractivity contribution in [3.63, 3.8) is 0 Å². The molecule has 3 N–H and O–H groups in total. The Morgan fingerprint density at radius 2 is 1.88 bits per heavy atom. The van der Waals surface area contributed by atoms with Crippen LogP contribution in [0.15, 0.2) is 48.7 Å². The zero-order valence-electron chi connectivity index (χ0n) is 22.4. The number of carboxylic acids is 1. The van der Waals surface area contributed by atoms with Gasteiger partial charge in [-0.05, 0) is 61.9 Å². The van der Waals surface area contributed by atoms with Gasteiger partial charge in [-0.15, -0.1) is 5.10 Å². The second-order valence-corrected chi connectivity index (χ2v) is 10.1. The number of ether oxygens (including phenoxy) is 1. The monoisotopic (exact) mass is 538 g/mol. The van der Waals surface area contributed by atoms with Gasteiger partial charge in [0.25, 0.3) is 0 Å². The number of anilines is 1. The highest BCUT2D eigenvalue weighted by Gasteiger charge is 2.30. The molecule has 5 rings (SSSR count). The molecule has 1 aliphatic carbocycles. The van der Waals surface area contributed by atoms with Crippen LogP contribution in [0.3, 0.4) is 0 Å². The van der Waals surface area contributed by atoms with E-state index in [1.165, 1.54) is 7.11 Å². The molecule has 40 heavy (non-hydrogen) atoms. The van der Waals surface area contributed by atoms with Crippen molar-refractivity contribution in [3.8, 4) is 34.5 Å². The third-order valence-electron chi connectivity index (χ3n) is 7.61. The van der Waals surface area contributed by atoms with Gasteiger partial charge in [0.05, 0.1) is 48.4 Å². The maximum absolute atomic E-state index is 11.3. The maximum atomic E-state index is 11.3. The Morgan fingerprint density at radius 1 is 1.12 bits per heavy atom. The number of hydrogen-bond donors (Lipinski definition) is 2. The summed E-state index contributed by atoms with van der Waals surface area (Å²) < 4.78 is 7.16. The number of aromatic nitrogens is 6. The van der Waals surface area contributed by atoms with Crippen LogP contribution < -0.4 is 10.5 Å². The van der Waals surface area contributed by atoms with Crippen LogP contribution in [-0.4, -0.2) is 48.1 Å². The average Bonchev–Trinajstić information content (AvgIpc) is 3.44. The first-order valence-electron chi connectivity index (χ1n) is 13.2. The van der Waals surface area contributed by atoms with Gasteiger partial charge in [-0.3, -0.25) is 9.78 Å². The molecule has 1 saturated carbocycles. The number of para-hydroxylation sites is 1. The molecule has 0 aliphatic heterocycles. The van der Waals surface area contributed by atoms with Crippen LogP contribution >= 0.6 is 0 Å². The van der Waals surface area contributed by atoms with Crippen molar-refractivity contribution in [1.29, 1.82) is 5.26 Å². The topological polar surface area (TPSA) is 166 Å². The molecule has 0 bridgehead atoms. The van der Waals surface area contributed by atoms with Crippen LogP contribution in [0.4, 0.5) is 5.95 Å². The summed E-state index contributed by atoms with van der Waals surface area (Å²) in [6.07, 6.45) is 5.01. The first-order chi connectivity index (χ1) is 19.4. The van der Waals surface area contributed by atoms with E-state index in [-0.39, 0.29) is 17.8 Å². The highest BCUT2D eigenvalue weighted by Crippen LogP contribution is 2.38. The molecule has 0 spiro atoms. The minimum Gasteiger partial charge on any atom is -0.495 e. The van der Waals surface area contributed by atoms with Crippen LogP contribution in [0.1, 0.15) is 55.5 Å². The summed E-state index contributed by atoms with van der Waals surface area (Å²) in [5, 5.41) is 27.3. The van der Waals surface area contributed by atoms with Crippen molar-refractivity contribution in [2.75, 3.05) is 12.8 Å². The fraction of sp³-hybridized carbons (Fsp3) is 0.345. The predicted molar refractivity (Wildman–Crippen MR) is 147 cm³/mol. The maximum Gasteiger partial charge on any atom is 0.306 e. The number of nitrogens with two attached hydrogens (primary N) is 1. The molecule has 0 amide bonds. The third-order valence-corrected chi connectivity index (χ3v) is 7.61. The quantitative estimate of drug-likeness (QED) is 0.330. The van der Waals surface area contributed by atoms with E-state index in [2.05, 4.69) is 33.3 Å². The summed E-state index contributed by atoms with van der Waals surface area (Å²) in [7, 11) is 1.50. The summed E-state index contributed by atoms with van der Waals surface area (Å²) in [4.78, 5) is 24.9. The van der Waals surface area contributed by atoms with Gasteiger partial charge in [-0.25, -0.2) is 14.6 Å². The largest absolute Gasteiger partial charge is 0.495 e. The SMILES string of the molecule is COc1c(C#N)cccc1-c1cc(-c2cn(Cc3cccc([C@@H](C)C4CCC(C(=O)O)CC4)n3)nn2)nc(N)n1. The Hall–Kier alpha value is -4.85. The number of hydrogen-bond acceptors (Lipinski definition) is 9. The first-order valence-corrected chi connectivity index (χ1v) is 13.2. The fourth-order valence-corrected chi connectivity index (χ4v) is 5.39. The second kappa shape index (κ2) is 11.5. The third kappa shape index (κ3) is 5.61. The van der Waals surface area contributed by atoms with E-state index >= 15 is 0 Å². The number of methoxy groups -OCH3 is 1. The number of nitrogen functional groups attached to an aromatic ring is 1. The zero-order valence-corrected chi connectivity index (χ0v) is 22.4. The Balaban J connectivity index is 1.34. The molecule has 0 radical (unpaired) electrons. The van der Waals surface area contributed by atoms with Crippen molar-refractivity contribution in [1.82, 2.24) is 29.9 Å². The lowest BCUT2D eigenvalue weighted by Gasteiger charge is -2.30. The molecule has 1 fully saturated rings. The summed E-state index contributed by atoms with van der Waals surface area (Å²) in [5.74, 6) is 0.212. The summed E-state index contributed by atoms with van der Waals surface area (Å²) in [6, 6.07) is 15.1. The molecule has 1 aliphatic rings. The lowest BCUT2D eigenvalue weighted by Crippen LogP contribution is -2.24.